The number of hydrazone groups is 1. The van der Waals surface area contributed by atoms with Gasteiger partial charge in [-0.1, -0.05) is 24.3 Å². The Morgan fingerprint density at radius 2 is 2.07 bits per heavy atom. The summed E-state index contributed by atoms with van der Waals surface area (Å²) in [6.45, 7) is 3.06. The molecule has 1 aromatic heterocycles. The smallest absolute Gasteiger partial charge is 0.271 e. The maximum atomic E-state index is 12.9. The molecule has 0 aliphatic carbocycles. The number of anilines is 1. The normalized spacial score (nSPS) is 13.1. The van der Waals surface area contributed by atoms with Gasteiger partial charge in [0.2, 0.25) is 0 Å². The van der Waals surface area contributed by atoms with Crippen LogP contribution >= 0.6 is 0 Å². The van der Waals surface area contributed by atoms with Crippen molar-refractivity contribution >= 4 is 23.7 Å². The van der Waals surface area contributed by atoms with Crippen LogP contribution in [0.3, 0.4) is 0 Å². The number of allylic oxidation sites excluding steroid dienone is 2. The molecule has 2 aromatic rings. The van der Waals surface area contributed by atoms with E-state index in [2.05, 4.69) is 15.8 Å². The molecule has 0 saturated heterocycles. The highest BCUT2D eigenvalue weighted by atomic mass is 19.1. The highest BCUT2D eigenvalue weighted by Crippen LogP contribution is 2.13. The molecule has 2 amide bonds. The first-order valence-electron chi connectivity index (χ1n) is 8.26. The van der Waals surface area contributed by atoms with E-state index in [0.29, 0.717) is 22.6 Å². The number of nitrogens with zero attached hydrogens (tertiary/aromatic N) is 1. The predicted molar refractivity (Wildman–Crippen MR) is 102 cm³/mol. The van der Waals surface area contributed by atoms with Crippen molar-refractivity contribution in [1.29, 1.82) is 0 Å². The SMILES string of the molecule is C/C=C(\C=C/C(C)F)C(=O)Nc1cccc(C(=O)N/N=C/c2ccco2)c1. The Balaban J connectivity index is 2.01. The number of rotatable bonds is 7. The number of furan rings is 1. The Bertz CT molecular complexity index is 868. The molecule has 0 radical (unpaired) electrons. The lowest BCUT2D eigenvalue weighted by atomic mass is 10.1. The maximum absolute atomic E-state index is 12.9. The number of carbonyl (C=O) groups is 2. The van der Waals surface area contributed by atoms with E-state index in [9.17, 15) is 14.0 Å². The first kappa shape index (κ1) is 19.8. The van der Waals surface area contributed by atoms with Crippen molar-refractivity contribution in [1.82, 2.24) is 5.43 Å². The first-order valence-corrected chi connectivity index (χ1v) is 8.26. The summed E-state index contributed by atoms with van der Waals surface area (Å²) in [6, 6.07) is 9.80. The zero-order valence-corrected chi connectivity index (χ0v) is 15.0. The number of nitrogens with one attached hydrogen (secondary N) is 2. The Kier molecular flexibility index (Phi) is 7.25. The molecule has 6 nitrogen and oxygen atoms in total. The van der Waals surface area contributed by atoms with Crippen LogP contribution in [-0.2, 0) is 4.79 Å². The number of amides is 2. The summed E-state index contributed by atoms with van der Waals surface area (Å²) in [5.74, 6) is -0.333. The van der Waals surface area contributed by atoms with Crippen molar-refractivity contribution in [2.45, 2.75) is 20.0 Å². The number of alkyl halides is 1. The van der Waals surface area contributed by atoms with E-state index in [1.54, 1.807) is 43.3 Å². The molecule has 0 aliphatic rings. The van der Waals surface area contributed by atoms with E-state index in [1.165, 1.54) is 37.6 Å². The molecular formula is C20H20FN3O3. The van der Waals surface area contributed by atoms with E-state index in [1.807, 2.05) is 0 Å². The van der Waals surface area contributed by atoms with Gasteiger partial charge in [0.1, 0.15) is 11.9 Å². The van der Waals surface area contributed by atoms with Crippen molar-refractivity contribution in [2.24, 2.45) is 5.10 Å². The molecule has 0 bridgehead atoms. The van der Waals surface area contributed by atoms with Crippen LogP contribution in [0.5, 0.6) is 0 Å². The van der Waals surface area contributed by atoms with E-state index >= 15 is 0 Å². The minimum Gasteiger partial charge on any atom is -0.463 e. The Hall–Kier alpha value is -3.48. The third-order valence-corrected chi connectivity index (χ3v) is 3.40. The predicted octanol–water partition coefficient (Wildman–Crippen LogP) is 3.84. The summed E-state index contributed by atoms with van der Waals surface area (Å²) in [6.07, 6.45) is 6.00. The number of hydrogen-bond donors (Lipinski definition) is 2. The Labute approximate surface area is 156 Å². The first-order chi connectivity index (χ1) is 13.0. The van der Waals surface area contributed by atoms with Crippen LogP contribution in [0.4, 0.5) is 10.1 Å². The van der Waals surface area contributed by atoms with Gasteiger partial charge in [-0.15, -0.1) is 0 Å². The molecule has 0 aliphatic heterocycles. The molecule has 0 spiro atoms. The van der Waals surface area contributed by atoms with E-state index in [0.717, 1.165) is 0 Å². The maximum Gasteiger partial charge on any atom is 0.271 e. The fourth-order valence-electron chi connectivity index (χ4n) is 2.06. The van der Waals surface area contributed by atoms with Gasteiger partial charge in [0.25, 0.3) is 11.8 Å². The molecule has 1 atom stereocenters. The van der Waals surface area contributed by atoms with Crippen molar-refractivity contribution in [2.75, 3.05) is 5.32 Å². The van der Waals surface area contributed by atoms with Gasteiger partial charge in [-0.25, -0.2) is 9.82 Å². The van der Waals surface area contributed by atoms with Gasteiger partial charge in [0.15, 0.2) is 0 Å². The quantitative estimate of drug-likeness (QED) is 0.337. The number of benzene rings is 1. The lowest BCUT2D eigenvalue weighted by molar-refractivity contribution is -0.112. The standard InChI is InChI=1S/C20H20FN3O3/c1-3-15(10-9-14(2)21)19(25)23-17-7-4-6-16(12-17)20(26)24-22-13-18-8-5-11-27-18/h3-14H,1-2H3,(H,23,25)(H,24,26)/b10-9-,15-3+,22-13+. The number of carbonyl (C=O) groups excluding carboxylic acids is 2. The zero-order chi connectivity index (χ0) is 19.6. The topological polar surface area (TPSA) is 83.7 Å². The average Bonchev–Trinajstić information content (AvgIpc) is 3.15. The van der Waals surface area contributed by atoms with E-state index in [4.69, 9.17) is 4.42 Å². The second-order valence-corrected chi connectivity index (χ2v) is 5.53. The van der Waals surface area contributed by atoms with Gasteiger partial charge in [0, 0.05) is 16.8 Å². The summed E-state index contributed by atoms with van der Waals surface area (Å²) in [4.78, 5) is 24.4. The van der Waals surface area contributed by atoms with Gasteiger partial charge in [-0.2, -0.15) is 5.10 Å². The lowest BCUT2D eigenvalue weighted by Crippen LogP contribution is -2.18. The molecule has 1 heterocycles. The van der Waals surface area contributed by atoms with Crippen molar-refractivity contribution in [3.8, 4) is 0 Å². The molecule has 140 valence electrons. The van der Waals surface area contributed by atoms with Gasteiger partial charge < -0.3 is 9.73 Å². The molecule has 7 heteroatoms. The van der Waals surface area contributed by atoms with Gasteiger partial charge in [-0.05, 0) is 44.2 Å². The molecule has 1 unspecified atom stereocenters. The molecule has 2 rings (SSSR count). The van der Waals surface area contributed by atoms with Crippen LogP contribution in [0.25, 0.3) is 0 Å². The van der Waals surface area contributed by atoms with E-state index in [-0.39, 0.29) is 0 Å². The van der Waals surface area contributed by atoms with Crippen LogP contribution < -0.4 is 10.7 Å². The van der Waals surface area contributed by atoms with Gasteiger partial charge in [0.05, 0.1) is 12.5 Å². The third kappa shape index (κ3) is 6.39. The molecular weight excluding hydrogens is 349 g/mol. The molecule has 27 heavy (non-hydrogen) atoms. The summed E-state index contributed by atoms with van der Waals surface area (Å²) in [7, 11) is 0. The highest BCUT2D eigenvalue weighted by Gasteiger charge is 2.09. The summed E-state index contributed by atoms with van der Waals surface area (Å²) >= 11 is 0. The van der Waals surface area contributed by atoms with Crippen molar-refractivity contribution < 1.29 is 18.4 Å². The monoisotopic (exact) mass is 369 g/mol. The second kappa shape index (κ2) is 9.86. The molecule has 1 aromatic carbocycles. The Morgan fingerprint density at radius 3 is 2.74 bits per heavy atom. The Morgan fingerprint density at radius 1 is 1.26 bits per heavy atom. The minimum atomic E-state index is -1.15. The highest BCUT2D eigenvalue weighted by molar-refractivity contribution is 6.06. The second-order valence-electron chi connectivity index (χ2n) is 5.53. The van der Waals surface area contributed by atoms with Crippen molar-refractivity contribution in [3.05, 3.63) is 77.8 Å². The fourth-order valence-corrected chi connectivity index (χ4v) is 2.06. The van der Waals surface area contributed by atoms with Crippen LogP contribution in [-0.4, -0.2) is 24.2 Å². The zero-order valence-electron chi connectivity index (χ0n) is 15.0. The molecule has 0 fully saturated rings. The van der Waals surface area contributed by atoms with Crippen LogP contribution in [0.15, 0.2) is 76.0 Å². The number of halogens is 1. The number of hydrogen-bond acceptors (Lipinski definition) is 4. The fraction of sp³-hybridized carbons (Fsp3) is 0.150. The van der Waals surface area contributed by atoms with Gasteiger partial charge >= 0.3 is 0 Å². The summed E-state index contributed by atoms with van der Waals surface area (Å²) < 4.78 is 18.0. The minimum absolute atomic E-state index is 0.317. The van der Waals surface area contributed by atoms with Gasteiger partial charge in [-0.3, -0.25) is 9.59 Å². The average molecular weight is 369 g/mol. The van der Waals surface area contributed by atoms with Crippen molar-refractivity contribution in [3.63, 3.8) is 0 Å². The van der Waals surface area contributed by atoms with Crippen LogP contribution in [0, 0.1) is 0 Å². The third-order valence-electron chi connectivity index (χ3n) is 3.40. The van der Waals surface area contributed by atoms with Crippen LogP contribution in [0.1, 0.15) is 30.0 Å². The summed E-state index contributed by atoms with van der Waals surface area (Å²) in [5.41, 5.74) is 3.45. The lowest BCUT2D eigenvalue weighted by Gasteiger charge is -2.07. The summed E-state index contributed by atoms with van der Waals surface area (Å²) in [5, 5.41) is 6.48. The van der Waals surface area contributed by atoms with Crippen LogP contribution in [0.2, 0.25) is 0 Å². The molecule has 0 saturated carbocycles. The largest absolute Gasteiger partial charge is 0.463 e. The molecule has 2 N–H and O–H groups in total. The van der Waals surface area contributed by atoms with E-state index < -0.39 is 18.0 Å².